The van der Waals surface area contributed by atoms with Crippen molar-refractivity contribution in [1.82, 2.24) is 4.90 Å². The van der Waals surface area contributed by atoms with Crippen molar-refractivity contribution in [3.63, 3.8) is 0 Å². The molecule has 0 bridgehead atoms. The zero-order valence-corrected chi connectivity index (χ0v) is 12.9. The minimum atomic E-state index is -0.302. The summed E-state index contributed by atoms with van der Waals surface area (Å²) >= 11 is 0. The lowest BCUT2D eigenvalue weighted by molar-refractivity contribution is -0.140. The van der Waals surface area contributed by atoms with Gasteiger partial charge in [-0.2, -0.15) is 0 Å². The Morgan fingerprint density at radius 1 is 1.38 bits per heavy atom. The van der Waals surface area contributed by atoms with Crippen molar-refractivity contribution in [3.05, 3.63) is 35.2 Å². The first-order valence-electron chi connectivity index (χ1n) is 7.63. The number of allylic oxidation sites excluding steroid dienone is 4. The highest BCUT2D eigenvalue weighted by Gasteiger charge is 2.30. The monoisotopic (exact) mass is 289 g/mol. The maximum absolute atomic E-state index is 12.2. The van der Waals surface area contributed by atoms with Crippen LogP contribution in [0.2, 0.25) is 0 Å². The van der Waals surface area contributed by atoms with Crippen molar-refractivity contribution in [2.45, 2.75) is 46.0 Å². The molecule has 0 aromatic heterocycles. The number of carbonyl (C=O) groups excluding carboxylic acids is 2. The average molecular weight is 289 g/mol. The highest BCUT2D eigenvalue weighted by molar-refractivity contribution is 6.01. The maximum atomic E-state index is 12.2. The zero-order chi connectivity index (χ0) is 15.4. The molecule has 1 aliphatic carbocycles. The van der Waals surface area contributed by atoms with Crippen LogP contribution in [0.4, 0.5) is 0 Å². The first-order chi connectivity index (χ1) is 10.1. The molecule has 0 saturated heterocycles. The molecule has 21 heavy (non-hydrogen) atoms. The third-order valence-electron chi connectivity index (χ3n) is 3.84. The topological polar surface area (TPSA) is 46.6 Å². The first-order valence-corrected chi connectivity index (χ1v) is 7.63. The number of rotatable bonds is 4. The Hall–Kier alpha value is -1.84. The van der Waals surface area contributed by atoms with E-state index < -0.39 is 0 Å². The van der Waals surface area contributed by atoms with Crippen LogP contribution in [0.5, 0.6) is 0 Å². The maximum Gasteiger partial charge on any atom is 0.354 e. The SMILES string of the molecule is C=C(C)C1=C(N2CCCC=C2C(=O)OCC)CCCC1=O. The van der Waals surface area contributed by atoms with Gasteiger partial charge in [-0.15, -0.1) is 0 Å². The average Bonchev–Trinajstić information content (AvgIpc) is 2.47. The highest BCUT2D eigenvalue weighted by Crippen LogP contribution is 2.33. The van der Waals surface area contributed by atoms with Crippen molar-refractivity contribution in [3.8, 4) is 0 Å². The second-order valence-electron chi connectivity index (χ2n) is 5.48. The van der Waals surface area contributed by atoms with E-state index in [2.05, 4.69) is 6.58 Å². The normalized spacial score (nSPS) is 19.4. The molecule has 0 N–H and O–H groups in total. The van der Waals surface area contributed by atoms with Crippen LogP contribution in [0.1, 0.15) is 46.0 Å². The van der Waals surface area contributed by atoms with Crippen LogP contribution in [-0.2, 0) is 14.3 Å². The Kier molecular flexibility index (Phi) is 4.99. The smallest absolute Gasteiger partial charge is 0.354 e. The van der Waals surface area contributed by atoms with Crippen LogP contribution in [0.3, 0.4) is 0 Å². The van der Waals surface area contributed by atoms with E-state index in [9.17, 15) is 9.59 Å². The number of nitrogens with zero attached hydrogens (tertiary/aromatic N) is 1. The summed E-state index contributed by atoms with van der Waals surface area (Å²) < 4.78 is 5.15. The van der Waals surface area contributed by atoms with Gasteiger partial charge in [-0.3, -0.25) is 4.79 Å². The summed E-state index contributed by atoms with van der Waals surface area (Å²) in [6.45, 7) is 8.71. The van der Waals surface area contributed by atoms with Crippen molar-refractivity contribution >= 4 is 11.8 Å². The Labute approximate surface area is 126 Å². The molecule has 4 heteroatoms. The van der Waals surface area contributed by atoms with Crippen LogP contribution < -0.4 is 0 Å². The molecular formula is C17H23NO3. The molecule has 2 aliphatic rings. The third-order valence-corrected chi connectivity index (χ3v) is 3.84. The summed E-state index contributed by atoms with van der Waals surface area (Å²) in [6, 6.07) is 0. The molecular weight excluding hydrogens is 266 g/mol. The summed E-state index contributed by atoms with van der Waals surface area (Å²) in [5, 5.41) is 0. The summed E-state index contributed by atoms with van der Waals surface area (Å²) in [5.74, 6) is -0.165. The molecule has 0 aromatic rings. The molecule has 2 rings (SSSR count). The standard InChI is InChI=1S/C17H23NO3/c1-4-21-17(20)14-8-5-6-11-18(14)13-9-7-10-15(19)16(13)12(2)3/h8H,2,4-7,9-11H2,1,3H3. The minimum Gasteiger partial charge on any atom is -0.461 e. The molecule has 4 nitrogen and oxygen atoms in total. The van der Waals surface area contributed by atoms with Gasteiger partial charge in [-0.05, 0) is 45.1 Å². The van der Waals surface area contributed by atoms with Gasteiger partial charge in [-0.25, -0.2) is 4.79 Å². The lowest BCUT2D eigenvalue weighted by Crippen LogP contribution is -2.34. The van der Waals surface area contributed by atoms with Crippen LogP contribution in [-0.4, -0.2) is 29.8 Å². The number of hydrogen-bond donors (Lipinski definition) is 0. The molecule has 1 aliphatic heterocycles. The number of carbonyl (C=O) groups is 2. The summed E-state index contributed by atoms with van der Waals surface area (Å²) in [4.78, 5) is 26.3. The first kappa shape index (κ1) is 15.5. The summed E-state index contributed by atoms with van der Waals surface area (Å²) in [7, 11) is 0. The Bertz CT molecular complexity index is 528. The van der Waals surface area contributed by atoms with E-state index in [4.69, 9.17) is 4.74 Å². The van der Waals surface area contributed by atoms with Gasteiger partial charge >= 0.3 is 5.97 Å². The van der Waals surface area contributed by atoms with E-state index in [1.165, 1.54) is 0 Å². The largest absolute Gasteiger partial charge is 0.461 e. The van der Waals surface area contributed by atoms with E-state index in [0.29, 0.717) is 24.3 Å². The molecule has 0 amide bonds. The van der Waals surface area contributed by atoms with Gasteiger partial charge in [0.25, 0.3) is 0 Å². The van der Waals surface area contributed by atoms with Gasteiger partial charge in [0.1, 0.15) is 5.70 Å². The van der Waals surface area contributed by atoms with Crippen molar-refractivity contribution in [2.24, 2.45) is 0 Å². The third kappa shape index (κ3) is 3.26. The zero-order valence-electron chi connectivity index (χ0n) is 12.9. The van der Waals surface area contributed by atoms with Crippen LogP contribution in [0.25, 0.3) is 0 Å². The lowest BCUT2D eigenvalue weighted by atomic mass is 9.89. The minimum absolute atomic E-state index is 0.137. The van der Waals surface area contributed by atoms with Gasteiger partial charge < -0.3 is 9.64 Å². The van der Waals surface area contributed by atoms with E-state index in [0.717, 1.165) is 43.5 Å². The van der Waals surface area contributed by atoms with Gasteiger partial charge in [0, 0.05) is 24.2 Å². The molecule has 0 atom stereocenters. The molecule has 0 spiro atoms. The van der Waals surface area contributed by atoms with Crippen molar-refractivity contribution in [2.75, 3.05) is 13.2 Å². The Morgan fingerprint density at radius 3 is 2.81 bits per heavy atom. The van der Waals surface area contributed by atoms with Gasteiger partial charge in [0.15, 0.2) is 5.78 Å². The fourth-order valence-electron chi connectivity index (χ4n) is 2.98. The van der Waals surface area contributed by atoms with Crippen LogP contribution in [0, 0.1) is 0 Å². The summed E-state index contributed by atoms with van der Waals surface area (Å²) in [6.07, 6.45) is 5.97. The second-order valence-corrected chi connectivity index (χ2v) is 5.48. The Balaban J connectivity index is 2.41. The summed E-state index contributed by atoms with van der Waals surface area (Å²) in [5.41, 5.74) is 3.01. The molecule has 114 valence electrons. The molecule has 0 aromatic carbocycles. The van der Waals surface area contributed by atoms with Crippen molar-refractivity contribution in [1.29, 1.82) is 0 Å². The molecule has 0 unspecified atom stereocenters. The van der Waals surface area contributed by atoms with Crippen molar-refractivity contribution < 1.29 is 14.3 Å². The number of hydrogen-bond acceptors (Lipinski definition) is 4. The second kappa shape index (κ2) is 6.74. The van der Waals surface area contributed by atoms with Crippen LogP contribution in [0.15, 0.2) is 35.2 Å². The van der Waals surface area contributed by atoms with Gasteiger partial charge in [-0.1, -0.05) is 12.7 Å². The van der Waals surface area contributed by atoms with Gasteiger partial charge in [0.05, 0.1) is 6.61 Å². The fourth-order valence-corrected chi connectivity index (χ4v) is 2.98. The fraction of sp³-hybridized carbons (Fsp3) is 0.529. The van der Waals surface area contributed by atoms with E-state index in [1.54, 1.807) is 6.92 Å². The quantitative estimate of drug-likeness (QED) is 0.746. The number of Topliss-reactive ketones (excluding diaryl/α,β-unsaturated/α-hetero) is 1. The van der Waals surface area contributed by atoms with E-state index in [-0.39, 0.29) is 11.8 Å². The lowest BCUT2D eigenvalue weighted by Gasteiger charge is -2.34. The number of ether oxygens (including phenoxy) is 1. The predicted molar refractivity (Wildman–Crippen MR) is 81.4 cm³/mol. The Morgan fingerprint density at radius 2 is 2.14 bits per heavy atom. The number of esters is 1. The highest BCUT2D eigenvalue weighted by atomic mass is 16.5. The van der Waals surface area contributed by atoms with E-state index >= 15 is 0 Å². The molecule has 0 radical (unpaired) electrons. The predicted octanol–water partition coefficient (Wildman–Crippen LogP) is 3.11. The van der Waals surface area contributed by atoms with Crippen LogP contribution >= 0.6 is 0 Å². The van der Waals surface area contributed by atoms with E-state index in [1.807, 2.05) is 17.9 Å². The molecule has 1 heterocycles. The van der Waals surface area contributed by atoms with Gasteiger partial charge in [0.2, 0.25) is 0 Å². The number of ketones is 1. The molecule has 0 saturated carbocycles. The molecule has 0 fully saturated rings.